The highest BCUT2D eigenvalue weighted by molar-refractivity contribution is 9.10. The number of halogens is 1. The smallest absolute Gasteiger partial charge is 0.301 e. The molecule has 108 valence electrons. The van der Waals surface area contributed by atoms with Crippen LogP contribution >= 0.6 is 27.7 Å². The zero-order valence-corrected chi connectivity index (χ0v) is 14.2. The van der Waals surface area contributed by atoms with Gasteiger partial charge in [0.1, 0.15) is 11.5 Å². The van der Waals surface area contributed by atoms with Gasteiger partial charge in [-0.1, -0.05) is 39.8 Å². The zero-order chi connectivity index (χ0) is 15.1. The van der Waals surface area contributed by atoms with E-state index in [9.17, 15) is 4.79 Å². The molecule has 7 heteroatoms. The molecule has 0 bridgehead atoms. The van der Waals surface area contributed by atoms with Crippen molar-refractivity contribution in [2.24, 2.45) is 14.1 Å². The van der Waals surface area contributed by atoms with Crippen molar-refractivity contribution in [3.05, 3.63) is 39.1 Å². The number of fused-ring (bicyclic) bond motifs is 1. The summed E-state index contributed by atoms with van der Waals surface area (Å²) in [7, 11) is 3.81. The number of thioether (sulfide) groups is 1. The van der Waals surface area contributed by atoms with Gasteiger partial charge >= 0.3 is 5.56 Å². The average Bonchev–Trinajstić information content (AvgIpc) is 2.82. The van der Waals surface area contributed by atoms with Crippen molar-refractivity contribution >= 4 is 38.9 Å². The van der Waals surface area contributed by atoms with Crippen LogP contribution in [0.5, 0.6) is 0 Å². The molecular weight excluding hydrogens is 352 g/mol. The minimum Gasteiger partial charge on any atom is -0.313 e. The molecule has 0 atom stereocenters. The van der Waals surface area contributed by atoms with Gasteiger partial charge < -0.3 is 9.13 Å². The predicted molar refractivity (Wildman–Crippen MR) is 88.7 cm³/mol. The maximum absolute atomic E-state index is 12.1. The lowest BCUT2D eigenvalue weighted by atomic mass is 10.2. The summed E-state index contributed by atoms with van der Waals surface area (Å²) in [6.45, 7) is 0. The number of aryl methyl sites for hydroxylation is 2. The van der Waals surface area contributed by atoms with Crippen molar-refractivity contribution < 1.29 is 0 Å². The molecule has 0 unspecified atom stereocenters. The van der Waals surface area contributed by atoms with Gasteiger partial charge in [0, 0.05) is 24.1 Å². The van der Waals surface area contributed by atoms with Gasteiger partial charge in [-0.05, 0) is 18.4 Å². The third-order valence-electron chi connectivity index (χ3n) is 3.35. The summed E-state index contributed by atoms with van der Waals surface area (Å²) >= 11 is 4.86. The van der Waals surface area contributed by atoms with Gasteiger partial charge in [-0.2, -0.15) is 4.98 Å². The van der Waals surface area contributed by atoms with Crippen LogP contribution in [0.15, 0.2) is 38.7 Å². The number of imidazole rings is 1. The zero-order valence-electron chi connectivity index (χ0n) is 11.8. The molecule has 0 aliphatic heterocycles. The molecule has 0 N–H and O–H groups in total. The van der Waals surface area contributed by atoms with Gasteiger partial charge in [0.2, 0.25) is 0 Å². The maximum Gasteiger partial charge on any atom is 0.301 e. The molecule has 3 aromatic rings. The monoisotopic (exact) mass is 364 g/mol. The molecule has 1 aromatic carbocycles. The van der Waals surface area contributed by atoms with E-state index in [0.717, 1.165) is 21.5 Å². The SMILES string of the molecule is CSc1nc(=O)c2nc(-c3ccc(Br)cc3)n(C)c2n1C. The van der Waals surface area contributed by atoms with Crippen LogP contribution in [0.1, 0.15) is 0 Å². The first-order chi connectivity index (χ1) is 10.0. The van der Waals surface area contributed by atoms with E-state index in [4.69, 9.17) is 0 Å². The molecule has 0 aliphatic rings. The van der Waals surface area contributed by atoms with Gasteiger partial charge in [0.15, 0.2) is 10.7 Å². The molecule has 3 rings (SSSR count). The molecule has 0 saturated heterocycles. The van der Waals surface area contributed by atoms with E-state index in [1.54, 1.807) is 0 Å². The van der Waals surface area contributed by atoms with Crippen molar-refractivity contribution in [3.8, 4) is 11.4 Å². The molecule has 0 aliphatic carbocycles. The number of benzene rings is 1. The third kappa shape index (κ3) is 2.30. The van der Waals surface area contributed by atoms with Gasteiger partial charge in [0.25, 0.3) is 0 Å². The Morgan fingerprint density at radius 1 is 1.10 bits per heavy atom. The Balaban J connectivity index is 2.34. The van der Waals surface area contributed by atoms with Crippen molar-refractivity contribution in [2.75, 3.05) is 6.26 Å². The Kier molecular flexibility index (Phi) is 3.62. The third-order valence-corrected chi connectivity index (χ3v) is 4.61. The molecule has 0 amide bonds. The Morgan fingerprint density at radius 2 is 1.76 bits per heavy atom. The average molecular weight is 365 g/mol. The number of hydrogen-bond acceptors (Lipinski definition) is 4. The van der Waals surface area contributed by atoms with E-state index >= 15 is 0 Å². The second-order valence-corrected chi connectivity index (χ2v) is 6.33. The summed E-state index contributed by atoms with van der Waals surface area (Å²) in [5.74, 6) is 0.755. The van der Waals surface area contributed by atoms with E-state index in [1.165, 1.54) is 11.8 Å². The highest BCUT2D eigenvalue weighted by atomic mass is 79.9. The first-order valence-corrected chi connectivity index (χ1v) is 8.28. The van der Waals surface area contributed by atoms with Crippen LogP contribution in [0.3, 0.4) is 0 Å². The highest BCUT2D eigenvalue weighted by Gasteiger charge is 2.17. The first kappa shape index (κ1) is 14.3. The number of nitrogens with zero attached hydrogens (tertiary/aromatic N) is 4. The number of hydrogen-bond donors (Lipinski definition) is 0. The summed E-state index contributed by atoms with van der Waals surface area (Å²) in [5.41, 5.74) is 1.85. The van der Waals surface area contributed by atoms with Crippen LogP contribution in [0, 0.1) is 0 Å². The van der Waals surface area contributed by atoms with Crippen LogP contribution in [-0.2, 0) is 14.1 Å². The molecule has 2 heterocycles. The summed E-state index contributed by atoms with van der Waals surface area (Å²) in [6.07, 6.45) is 1.90. The normalized spacial score (nSPS) is 11.2. The lowest BCUT2D eigenvalue weighted by Gasteiger charge is -2.08. The topological polar surface area (TPSA) is 52.7 Å². The number of aromatic nitrogens is 4. The molecule has 0 fully saturated rings. The van der Waals surface area contributed by atoms with Crippen LogP contribution < -0.4 is 5.56 Å². The second kappa shape index (κ2) is 5.31. The van der Waals surface area contributed by atoms with E-state index in [2.05, 4.69) is 25.9 Å². The van der Waals surface area contributed by atoms with E-state index in [0.29, 0.717) is 10.7 Å². The molecule has 2 aromatic heterocycles. The minimum absolute atomic E-state index is 0.286. The molecular formula is C14H13BrN4OS. The second-order valence-electron chi connectivity index (χ2n) is 4.64. The predicted octanol–water partition coefficient (Wildman–Crippen LogP) is 2.82. The maximum atomic E-state index is 12.1. The summed E-state index contributed by atoms with van der Waals surface area (Å²) in [5, 5.41) is 0.679. The van der Waals surface area contributed by atoms with Crippen molar-refractivity contribution in [3.63, 3.8) is 0 Å². The summed E-state index contributed by atoms with van der Waals surface area (Å²) in [6, 6.07) is 7.86. The van der Waals surface area contributed by atoms with E-state index < -0.39 is 0 Å². The van der Waals surface area contributed by atoms with Crippen molar-refractivity contribution in [1.29, 1.82) is 0 Å². The summed E-state index contributed by atoms with van der Waals surface area (Å²) in [4.78, 5) is 20.7. The molecule has 5 nitrogen and oxygen atoms in total. The Hall–Kier alpha value is -1.60. The van der Waals surface area contributed by atoms with E-state index in [1.807, 2.05) is 53.8 Å². The molecule has 0 saturated carbocycles. The highest BCUT2D eigenvalue weighted by Crippen LogP contribution is 2.24. The van der Waals surface area contributed by atoms with Crippen LogP contribution in [0.4, 0.5) is 0 Å². The van der Waals surface area contributed by atoms with Gasteiger partial charge in [0.05, 0.1) is 0 Å². The standard InChI is InChI=1S/C14H13BrN4OS/c1-18-11(8-4-6-9(15)7-5-8)16-10-12(20)17-14(21-3)19(2)13(10)18/h4-7H,1-3H3. The fourth-order valence-corrected chi connectivity index (χ4v) is 3.16. The Morgan fingerprint density at radius 3 is 2.38 bits per heavy atom. The molecule has 21 heavy (non-hydrogen) atoms. The quantitative estimate of drug-likeness (QED) is 0.518. The van der Waals surface area contributed by atoms with Crippen LogP contribution in [-0.4, -0.2) is 25.4 Å². The largest absolute Gasteiger partial charge is 0.313 e. The molecule has 0 spiro atoms. The van der Waals surface area contributed by atoms with Gasteiger partial charge in [-0.15, -0.1) is 0 Å². The Bertz CT molecular complexity index is 883. The van der Waals surface area contributed by atoms with Gasteiger partial charge in [-0.25, -0.2) is 4.98 Å². The first-order valence-electron chi connectivity index (χ1n) is 6.26. The Labute approximate surface area is 134 Å². The van der Waals surface area contributed by atoms with Crippen molar-refractivity contribution in [2.45, 2.75) is 5.16 Å². The van der Waals surface area contributed by atoms with Crippen molar-refractivity contribution in [1.82, 2.24) is 19.1 Å². The fraction of sp³-hybridized carbons (Fsp3) is 0.214. The van der Waals surface area contributed by atoms with E-state index in [-0.39, 0.29) is 5.56 Å². The lowest BCUT2D eigenvalue weighted by Crippen LogP contribution is -2.14. The lowest BCUT2D eigenvalue weighted by molar-refractivity contribution is 0.737. The minimum atomic E-state index is -0.286. The fourth-order valence-electron chi connectivity index (χ4n) is 2.36. The van der Waals surface area contributed by atoms with Crippen LogP contribution in [0.25, 0.3) is 22.6 Å². The number of rotatable bonds is 2. The van der Waals surface area contributed by atoms with Gasteiger partial charge in [-0.3, -0.25) is 4.79 Å². The molecule has 0 radical (unpaired) electrons. The van der Waals surface area contributed by atoms with Crippen LogP contribution in [0.2, 0.25) is 0 Å². The summed E-state index contributed by atoms with van der Waals surface area (Å²) < 4.78 is 4.84.